The van der Waals surface area contributed by atoms with E-state index in [-0.39, 0.29) is 0 Å². The zero-order valence-electron chi connectivity index (χ0n) is 9.88. The summed E-state index contributed by atoms with van der Waals surface area (Å²) in [4.78, 5) is 10.8. The van der Waals surface area contributed by atoms with Gasteiger partial charge in [-0.15, -0.1) is 0 Å². The molecule has 0 heterocycles. The monoisotopic (exact) mass is 196 g/mol. The Balaban J connectivity index is 3.75. The lowest BCUT2D eigenvalue weighted by molar-refractivity contribution is -0.105. The largest absolute Gasteiger partial charge is 0.298 e. The molecule has 14 heavy (non-hydrogen) atoms. The van der Waals surface area contributed by atoms with Crippen molar-refractivity contribution in [1.82, 2.24) is 0 Å². The molecule has 1 heteroatoms. The van der Waals surface area contributed by atoms with E-state index >= 15 is 0 Å². The predicted octanol–water partition coefficient (Wildman–Crippen LogP) is 4.13. The number of allylic oxidation sites excluding steroid dienone is 2. The standard InChI is InChI=1S/C13H24O/c1-4-6-7-8-9-10-13(11-14)12(3)5-2/h10-12H,4-9H2,1-3H3. The third-order valence-corrected chi connectivity index (χ3v) is 2.76. The van der Waals surface area contributed by atoms with Crippen LogP contribution in [0.25, 0.3) is 0 Å². The molecule has 82 valence electrons. The minimum absolute atomic E-state index is 0.429. The summed E-state index contributed by atoms with van der Waals surface area (Å²) < 4.78 is 0. The highest BCUT2D eigenvalue weighted by molar-refractivity contribution is 5.73. The summed E-state index contributed by atoms with van der Waals surface area (Å²) in [5, 5.41) is 0. The molecule has 0 fully saturated rings. The first-order valence-electron chi connectivity index (χ1n) is 5.91. The number of hydrogen-bond donors (Lipinski definition) is 0. The molecule has 0 N–H and O–H groups in total. The van der Waals surface area contributed by atoms with Crippen LogP contribution < -0.4 is 0 Å². The Morgan fingerprint density at radius 3 is 2.43 bits per heavy atom. The molecule has 0 aromatic rings. The molecule has 0 aliphatic rings. The smallest absolute Gasteiger partial charge is 0.145 e. The highest BCUT2D eigenvalue weighted by Crippen LogP contribution is 2.14. The van der Waals surface area contributed by atoms with Gasteiger partial charge in [-0.3, -0.25) is 4.79 Å². The van der Waals surface area contributed by atoms with Gasteiger partial charge < -0.3 is 0 Å². The third kappa shape index (κ3) is 5.95. The summed E-state index contributed by atoms with van der Waals surface area (Å²) >= 11 is 0. The molecule has 1 atom stereocenters. The summed E-state index contributed by atoms with van der Waals surface area (Å²) in [6.07, 6.45) is 10.4. The first-order chi connectivity index (χ1) is 6.76. The minimum atomic E-state index is 0.429. The van der Waals surface area contributed by atoms with E-state index < -0.39 is 0 Å². The van der Waals surface area contributed by atoms with Crippen LogP contribution in [0.5, 0.6) is 0 Å². The first-order valence-corrected chi connectivity index (χ1v) is 5.91. The molecule has 0 radical (unpaired) electrons. The van der Waals surface area contributed by atoms with Gasteiger partial charge in [0.1, 0.15) is 6.29 Å². The molecule has 0 aromatic carbocycles. The van der Waals surface area contributed by atoms with Crippen LogP contribution in [0.2, 0.25) is 0 Å². The van der Waals surface area contributed by atoms with Crippen LogP contribution in [0.15, 0.2) is 11.6 Å². The van der Waals surface area contributed by atoms with Crippen molar-refractivity contribution in [2.75, 3.05) is 0 Å². The lowest BCUT2D eigenvalue weighted by atomic mass is 9.98. The number of aldehydes is 1. The van der Waals surface area contributed by atoms with Crippen molar-refractivity contribution in [2.24, 2.45) is 5.92 Å². The summed E-state index contributed by atoms with van der Waals surface area (Å²) in [6, 6.07) is 0. The molecule has 1 unspecified atom stereocenters. The van der Waals surface area contributed by atoms with Crippen molar-refractivity contribution in [3.05, 3.63) is 11.6 Å². The molecule has 0 aromatic heterocycles. The number of carbonyl (C=O) groups is 1. The van der Waals surface area contributed by atoms with E-state index in [1.807, 2.05) is 0 Å². The van der Waals surface area contributed by atoms with Crippen LogP contribution >= 0.6 is 0 Å². The maximum absolute atomic E-state index is 10.8. The number of carbonyl (C=O) groups excluding carboxylic acids is 1. The lowest BCUT2D eigenvalue weighted by Gasteiger charge is -2.07. The summed E-state index contributed by atoms with van der Waals surface area (Å²) in [6.45, 7) is 6.46. The van der Waals surface area contributed by atoms with Gasteiger partial charge in [0.05, 0.1) is 0 Å². The van der Waals surface area contributed by atoms with E-state index in [1.54, 1.807) is 0 Å². The minimum Gasteiger partial charge on any atom is -0.298 e. The molecular weight excluding hydrogens is 172 g/mol. The van der Waals surface area contributed by atoms with Crippen LogP contribution in [0.1, 0.15) is 59.3 Å². The number of rotatable bonds is 8. The van der Waals surface area contributed by atoms with Crippen LogP contribution in [0, 0.1) is 5.92 Å². The normalized spacial score (nSPS) is 14.1. The van der Waals surface area contributed by atoms with Gasteiger partial charge in [-0.25, -0.2) is 0 Å². The molecule has 0 amide bonds. The van der Waals surface area contributed by atoms with Gasteiger partial charge in [0.2, 0.25) is 0 Å². The second-order valence-corrected chi connectivity index (χ2v) is 3.98. The maximum Gasteiger partial charge on any atom is 0.145 e. The van der Waals surface area contributed by atoms with E-state index in [9.17, 15) is 4.79 Å². The Morgan fingerprint density at radius 2 is 1.93 bits per heavy atom. The number of unbranched alkanes of at least 4 members (excludes halogenated alkanes) is 4. The van der Waals surface area contributed by atoms with E-state index in [1.165, 1.54) is 25.7 Å². The Labute approximate surface area is 88.6 Å². The predicted molar refractivity (Wildman–Crippen MR) is 62.4 cm³/mol. The summed E-state index contributed by atoms with van der Waals surface area (Å²) in [5.74, 6) is 0.429. The SMILES string of the molecule is CCCCCCC=C(C=O)C(C)CC. The van der Waals surface area contributed by atoms with E-state index in [2.05, 4.69) is 26.8 Å². The fourth-order valence-electron chi connectivity index (χ4n) is 1.44. The van der Waals surface area contributed by atoms with Crippen LogP contribution in [-0.2, 0) is 4.79 Å². The first kappa shape index (κ1) is 13.4. The van der Waals surface area contributed by atoms with Gasteiger partial charge in [0.25, 0.3) is 0 Å². The van der Waals surface area contributed by atoms with Crippen molar-refractivity contribution < 1.29 is 4.79 Å². The Hall–Kier alpha value is -0.590. The lowest BCUT2D eigenvalue weighted by Crippen LogP contribution is -1.98. The third-order valence-electron chi connectivity index (χ3n) is 2.76. The molecule has 0 aliphatic carbocycles. The highest BCUT2D eigenvalue weighted by atomic mass is 16.1. The fourth-order valence-corrected chi connectivity index (χ4v) is 1.44. The highest BCUT2D eigenvalue weighted by Gasteiger charge is 2.03. The second kappa shape index (κ2) is 8.98. The number of hydrogen-bond acceptors (Lipinski definition) is 1. The van der Waals surface area contributed by atoms with Crippen LogP contribution in [0.3, 0.4) is 0 Å². The second-order valence-electron chi connectivity index (χ2n) is 3.98. The molecule has 0 saturated heterocycles. The molecule has 0 rings (SSSR count). The zero-order valence-corrected chi connectivity index (χ0v) is 9.88. The summed E-state index contributed by atoms with van der Waals surface area (Å²) in [7, 11) is 0. The van der Waals surface area contributed by atoms with Gasteiger partial charge in [-0.2, -0.15) is 0 Å². The topological polar surface area (TPSA) is 17.1 Å². The van der Waals surface area contributed by atoms with Gasteiger partial charge in [-0.1, -0.05) is 46.1 Å². The Bertz CT molecular complexity index is 170. The molecule has 0 bridgehead atoms. The molecule has 0 spiro atoms. The van der Waals surface area contributed by atoms with Crippen LogP contribution in [-0.4, -0.2) is 6.29 Å². The maximum atomic E-state index is 10.8. The van der Waals surface area contributed by atoms with Crippen molar-refractivity contribution >= 4 is 6.29 Å². The van der Waals surface area contributed by atoms with Crippen molar-refractivity contribution in [3.8, 4) is 0 Å². The average Bonchev–Trinajstić information content (AvgIpc) is 2.22. The van der Waals surface area contributed by atoms with Crippen molar-refractivity contribution in [1.29, 1.82) is 0 Å². The van der Waals surface area contributed by atoms with Gasteiger partial charge in [-0.05, 0) is 30.8 Å². The Kier molecular flexibility index (Phi) is 8.61. The van der Waals surface area contributed by atoms with Crippen LogP contribution in [0.4, 0.5) is 0 Å². The molecule has 0 saturated carbocycles. The molecule has 0 aliphatic heterocycles. The van der Waals surface area contributed by atoms with E-state index in [0.717, 1.165) is 24.7 Å². The average molecular weight is 196 g/mol. The Morgan fingerprint density at radius 1 is 1.21 bits per heavy atom. The van der Waals surface area contributed by atoms with Crippen molar-refractivity contribution in [2.45, 2.75) is 59.3 Å². The van der Waals surface area contributed by atoms with Gasteiger partial charge in [0.15, 0.2) is 0 Å². The molecular formula is C13H24O. The van der Waals surface area contributed by atoms with Gasteiger partial charge in [0, 0.05) is 0 Å². The van der Waals surface area contributed by atoms with Crippen molar-refractivity contribution in [3.63, 3.8) is 0 Å². The van der Waals surface area contributed by atoms with Gasteiger partial charge >= 0.3 is 0 Å². The fraction of sp³-hybridized carbons (Fsp3) is 0.769. The summed E-state index contributed by atoms with van der Waals surface area (Å²) in [5.41, 5.74) is 0.990. The molecule has 1 nitrogen and oxygen atoms in total. The zero-order chi connectivity index (χ0) is 10.8. The quantitative estimate of drug-likeness (QED) is 0.324. The van der Waals surface area contributed by atoms with E-state index in [0.29, 0.717) is 5.92 Å². The van der Waals surface area contributed by atoms with E-state index in [4.69, 9.17) is 0 Å².